The van der Waals surface area contributed by atoms with Crippen molar-refractivity contribution < 1.29 is 14.3 Å². The molecule has 26 heavy (non-hydrogen) atoms. The van der Waals surface area contributed by atoms with Gasteiger partial charge >= 0.3 is 0 Å². The lowest BCUT2D eigenvalue weighted by atomic mass is 10.1. The Kier molecular flexibility index (Phi) is 6.22. The number of carbonyl (C=O) groups is 2. The van der Waals surface area contributed by atoms with Crippen molar-refractivity contribution in [3.8, 4) is 5.88 Å². The molecule has 0 bridgehead atoms. The zero-order chi connectivity index (χ0) is 18.4. The second-order valence-corrected chi connectivity index (χ2v) is 7.07. The molecule has 2 aromatic heterocycles. The number of hydrogen-bond donors (Lipinski definition) is 1. The van der Waals surface area contributed by atoms with Crippen molar-refractivity contribution in [2.75, 3.05) is 18.4 Å². The van der Waals surface area contributed by atoms with Crippen LogP contribution < -0.4 is 10.1 Å². The molecule has 3 heterocycles. The summed E-state index contributed by atoms with van der Waals surface area (Å²) in [5.74, 6) is 0.679. The van der Waals surface area contributed by atoms with Crippen molar-refractivity contribution in [1.82, 2.24) is 9.88 Å². The summed E-state index contributed by atoms with van der Waals surface area (Å²) < 4.78 is 5.92. The number of piperidine rings is 1. The summed E-state index contributed by atoms with van der Waals surface area (Å²) >= 11 is 1.61. The van der Waals surface area contributed by atoms with E-state index in [4.69, 9.17) is 4.74 Å². The van der Waals surface area contributed by atoms with Gasteiger partial charge in [-0.15, -0.1) is 0 Å². The van der Waals surface area contributed by atoms with Gasteiger partial charge in [0.05, 0.1) is 18.3 Å². The molecule has 2 aromatic rings. The summed E-state index contributed by atoms with van der Waals surface area (Å²) in [4.78, 5) is 29.8. The third-order valence-electron chi connectivity index (χ3n) is 4.36. The molecule has 0 aliphatic carbocycles. The first-order chi connectivity index (χ1) is 12.6. The van der Waals surface area contributed by atoms with Crippen LogP contribution in [0.15, 0.2) is 35.2 Å². The van der Waals surface area contributed by atoms with Gasteiger partial charge in [-0.3, -0.25) is 9.59 Å². The van der Waals surface area contributed by atoms with Gasteiger partial charge in [0.15, 0.2) is 0 Å². The first-order valence-corrected chi connectivity index (χ1v) is 9.79. The molecule has 0 unspecified atom stereocenters. The molecule has 6 nitrogen and oxygen atoms in total. The van der Waals surface area contributed by atoms with Crippen LogP contribution in [0.2, 0.25) is 0 Å². The number of nitrogens with one attached hydrogen (secondary N) is 1. The Bertz CT molecular complexity index is 723. The van der Waals surface area contributed by atoms with E-state index in [9.17, 15) is 9.59 Å². The van der Waals surface area contributed by atoms with Crippen molar-refractivity contribution >= 4 is 28.8 Å². The molecule has 0 saturated carbocycles. The van der Waals surface area contributed by atoms with Gasteiger partial charge < -0.3 is 15.0 Å². The molecule has 1 aliphatic rings. The van der Waals surface area contributed by atoms with E-state index >= 15 is 0 Å². The van der Waals surface area contributed by atoms with Crippen molar-refractivity contribution in [2.24, 2.45) is 0 Å². The number of hydrogen-bond acceptors (Lipinski definition) is 5. The minimum absolute atomic E-state index is 0.0417. The van der Waals surface area contributed by atoms with Gasteiger partial charge in [-0.05, 0) is 28.5 Å². The van der Waals surface area contributed by atoms with E-state index in [0.717, 1.165) is 18.4 Å². The van der Waals surface area contributed by atoms with E-state index in [-0.39, 0.29) is 17.9 Å². The van der Waals surface area contributed by atoms with Crippen LogP contribution >= 0.6 is 11.3 Å². The lowest BCUT2D eigenvalue weighted by Gasteiger charge is -2.32. The fourth-order valence-corrected chi connectivity index (χ4v) is 3.52. The number of ether oxygens (including phenoxy) is 1. The largest absolute Gasteiger partial charge is 0.474 e. The van der Waals surface area contributed by atoms with E-state index in [0.29, 0.717) is 37.5 Å². The van der Waals surface area contributed by atoms with Gasteiger partial charge in [-0.1, -0.05) is 6.92 Å². The molecule has 0 radical (unpaired) electrons. The third kappa shape index (κ3) is 5.05. The van der Waals surface area contributed by atoms with Crippen LogP contribution in [0.3, 0.4) is 0 Å². The van der Waals surface area contributed by atoms with Crippen LogP contribution in [0.25, 0.3) is 0 Å². The van der Waals surface area contributed by atoms with Gasteiger partial charge in [0.1, 0.15) is 6.10 Å². The van der Waals surface area contributed by atoms with Crippen molar-refractivity contribution in [1.29, 1.82) is 0 Å². The van der Waals surface area contributed by atoms with E-state index in [1.807, 2.05) is 21.7 Å². The molecule has 2 amide bonds. The Labute approximate surface area is 157 Å². The van der Waals surface area contributed by atoms with Crippen molar-refractivity contribution in [2.45, 2.75) is 38.7 Å². The van der Waals surface area contributed by atoms with Gasteiger partial charge in [-0.2, -0.15) is 11.3 Å². The number of anilines is 1. The normalized spacial score (nSPS) is 14.9. The molecule has 1 N–H and O–H groups in total. The standard InChI is InChI=1S/C19H23N3O3S/c1-2-17(23)21-15-3-4-18(20-12-15)25-16-5-8-22(9-6-16)19(24)11-14-7-10-26-13-14/h3-4,7,10,12-13,16H,2,5-6,8-9,11H2,1H3,(H,21,23). The minimum Gasteiger partial charge on any atom is -0.474 e. The number of likely N-dealkylation sites (tertiary alicyclic amines) is 1. The summed E-state index contributed by atoms with van der Waals surface area (Å²) in [5.41, 5.74) is 1.75. The van der Waals surface area contributed by atoms with Crippen LogP contribution in [0.5, 0.6) is 5.88 Å². The molecule has 1 aliphatic heterocycles. The quantitative estimate of drug-likeness (QED) is 0.845. The maximum atomic E-state index is 12.3. The number of nitrogens with zero attached hydrogens (tertiary/aromatic N) is 2. The van der Waals surface area contributed by atoms with Crippen LogP contribution in [-0.4, -0.2) is 40.9 Å². The molecule has 3 rings (SSSR count). The Balaban J connectivity index is 1.45. The summed E-state index contributed by atoms with van der Waals surface area (Å²) in [6, 6.07) is 5.55. The Morgan fingerprint density at radius 1 is 1.31 bits per heavy atom. The maximum absolute atomic E-state index is 12.3. The average Bonchev–Trinajstić information content (AvgIpc) is 3.17. The molecule has 0 spiro atoms. The zero-order valence-electron chi connectivity index (χ0n) is 14.8. The second-order valence-electron chi connectivity index (χ2n) is 6.29. The van der Waals surface area contributed by atoms with E-state index in [1.54, 1.807) is 36.6 Å². The highest BCUT2D eigenvalue weighted by atomic mass is 32.1. The first-order valence-electron chi connectivity index (χ1n) is 8.85. The smallest absolute Gasteiger partial charge is 0.227 e. The average molecular weight is 373 g/mol. The molecule has 7 heteroatoms. The molecular formula is C19H23N3O3S. The van der Waals surface area contributed by atoms with Gasteiger partial charge in [0, 0.05) is 38.4 Å². The Hall–Kier alpha value is -2.41. The highest BCUT2D eigenvalue weighted by Gasteiger charge is 2.24. The summed E-state index contributed by atoms with van der Waals surface area (Å²) in [6.07, 6.45) is 4.16. The fraction of sp³-hybridized carbons (Fsp3) is 0.421. The second kappa shape index (κ2) is 8.80. The highest BCUT2D eigenvalue weighted by Crippen LogP contribution is 2.19. The predicted octanol–water partition coefficient (Wildman–Crippen LogP) is 3.10. The lowest BCUT2D eigenvalue weighted by Crippen LogP contribution is -2.42. The number of pyridine rings is 1. The first kappa shape index (κ1) is 18.4. The number of carbonyl (C=O) groups excluding carboxylic acids is 2. The summed E-state index contributed by atoms with van der Waals surface area (Å²) in [5, 5.41) is 6.77. The number of thiophene rings is 1. The van der Waals surface area contributed by atoms with E-state index < -0.39 is 0 Å². The number of aromatic nitrogens is 1. The molecule has 1 saturated heterocycles. The summed E-state index contributed by atoms with van der Waals surface area (Å²) in [7, 11) is 0. The van der Waals surface area contributed by atoms with Crippen LogP contribution in [-0.2, 0) is 16.0 Å². The predicted molar refractivity (Wildman–Crippen MR) is 101 cm³/mol. The molecule has 138 valence electrons. The minimum atomic E-state index is -0.0417. The van der Waals surface area contributed by atoms with Gasteiger partial charge in [0.2, 0.25) is 17.7 Å². The van der Waals surface area contributed by atoms with Crippen molar-refractivity contribution in [3.63, 3.8) is 0 Å². The SMILES string of the molecule is CCC(=O)Nc1ccc(OC2CCN(C(=O)Cc3ccsc3)CC2)nc1. The van der Waals surface area contributed by atoms with Gasteiger partial charge in [0.25, 0.3) is 0 Å². The van der Waals surface area contributed by atoms with Crippen molar-refractivity contribution in [3.05, 3.63) is 40.7 Å². The lowest BCUT2D eigenvalue weighted by molar-refractivity contribution is -0.132. The molecular weight excluding hydrogens is 350 g/mol. The Morgan fingerprint density at radius 3 is 2.73 bits per heavy atom. The monoisotopic (exact) mass is 373 g/mol. The third-order valence-corrected chi connectivity index (χ3v) is 5.09. The van der Waals surface area contributed by atoms with E-state index in [2.05, 4.69) is 10.3 Å². The zero-order valence-corrected chi connectivity index (χ0v) is 15.6. The topological polar surface area (TPSA) is 71.5 Å². The molecule has 0 atom stereocenters. The Morgan fingerprint density at radius 2 is 2.12 bits per heavy atom. The molecule has 1 fully saturated rings. The summed E-state index contributed by atoms with van der Waals surface area (Å²) in [6.45, 7) is 3.22. The van der Waals surface area contributed by atoms with Crippen LogP contribution in [0.1, 0.15) is 31.7 Å². The highest BCUT2D eigenvalue weighted by molar-refractivity contribution is 7.08. The molecule has 0 aromatic carbocycles. The van der Waals surface area contributed by atoms with E-state index in [1.165, 1.54) is 0 Å². The fourth-order valence-electron chi connectivity index (χ4n) is 2.85. The number of amides is 2. The van der Waals surface area contributed by atoms with Crippen LogP contribution in [0.4, 0.5) is 5.69 Å². The van der Waals surface area contributed by atoms with Gasteiger partial charge in [-0.25, -0.2) is 4.98 Å². The van der Waals surface area contributed by atoms with Crippen LogP contribution in [0, 0.1) is 0 Å². The number of rotatable bonds is 6. The maximum Gasteiger partial charge on any atom is 0.227 e.